The summed E-state index contributed by atoms with van der Waals surface area (Å²) in [5.74, 6) is 0. The summed E-state index contributed by atoms with van der Waals surface area (Å²) in [4.78, 5) is 0. The predicted octanol–water partition coefficient (Wildman–Crippen LogP) is 2.90. The molecule has 1 rings (SSSR count). The number of rotatable bonds is 5. The molecule has 1 aromatic rings. The SMILES string of the molecule is CNC(Cc1cccc(Cl)c1)C(C)(C)OC. The molecule has 0 radical (unpaired) electrons. The Labute approximate surface area is 103 Å². The minimum Gasteiger partial charge on any atom is -0.377 e. The van der Waals surface area contributed by atoms with Crippen LogP contribution in [0.15, 0.2) is 24.3 Å². The molecule has 3 heteroatoms. The zero-order valence-electron chi connectivity index (χ0n) is 10.4. The van der Waals surface area contributed by atoms with E-state index in [4.69, 9.17) is 16.3 Å². The van der Waals surface area contributed by atoms with Gasteiger partial charge in [-0.15, -0.1) is 0 Å². The fraction of sp³-hybridized carbons (Fsp3) is 0.538. The van der Waals surface area contributed by atoms with Gasteiger partial charge in [-0.3, -0.25) is 0 Å². The van der Waals surface area contributed by atoms with E-state index in [1.807, 2.05) is 25.2 Å². The molecule has 1 unspecified atom stereocenters. The summed E-state index contributed by atoms with van der Waals surface area (Å²) in [6, 6.07) is 8.21. The number of hydrogen-bond donors (Lipinski definition) is 1. The third-order valence-electron chi connectivity index (χ3n) is 3.04. The zero-order valence-corrected chi connectivity index (χ0v) is 11.1. The van der Waals surface area contributed by atoms with Crippen molar-refractivity contribution in [3.05, 3.63) is 34.9 Å². The van der Waals surface area contributed by atoms with Gasteiger partial charge in [0.25, 0.3) is 0 Å². The van der Waals surface area contributed by atoms with Crippen LogP contribution < -0.4 is 5.32 Å². The van der Waals surface area contributed by atoms with Crippen LogP contribution in [0.1, 0.15) is 19.4 Å². The molecule has 0 spiro atoms. The molecule has 0 aliphatic heterocycles. The number of benzene rings is 1. The van der Waals surface area contributed by atoms with Crippen molar-refractivity contribution >= 4 is 11.6 Å². The van der Waals surface area contributed by atoms with Crippen LogP contribution in [0.4, 0.5) is 0 Å². The van der Waals surface area contributed by atoms with E-state index in [-0.39, 0.29) is 11.6 Å². The zero-order chi connectivity index (χ0) is 12.2. The van der Waals surface area contributed by atoms with Crippen molar-refractivity contribution in [3.8, 4) is 0 Å². The average Bonchev–Trinajstić information content (AvgIpc) is 2.25. The number of nitrogens with one attached hydrogen (secondary N) is 1. The first-order chi connectivity index (χ1) is 7.49. The van der Waals surface area contributed by atoms with Crippen LogP contribution in [0.2, 0.25) is 5.02 Å². The molecule has 0 fully saturated rings. The Bertz CT molecular complexity index is 338. The molecule has 0 saturated heterocycles. The molecule has 16 heavy (non-hydrogen) atoms. The minimum atomic E-state index is -0.197. The predicted molar refractivity (Wildman–Crippen MR) is 69.1 cm³/mol. The standard InChI is InChI=1S/C13H20ClNO/c1-13(2,16-4)12(15-3)9-10-6-5-7-11(14)8-10/h5-8,12,15H,9H2,1-4H3. The molecule has 0 aliphatic rings. The highest BCUT2D eigenvalue weighted by Crippen LogP contribution is 2.19. The maximum absolute atomic E-state index is 5.97. The highest BCUT2D eigenvalue weighted by molar-refractivity contribution is 6.30. The minimum absolute atomic E-state index is 0.197. The van der Waals surface area contributed by atoms with Crippen LogP contribution in [-0.4, -0.2) is 25.8 Å². The van der Waals surface area contributed by atoms with Crippen molar-refractivity contribution in [2.45, 2.75) is 31.9 Å². The Morgan fingerprint density at radius 1 is 1.44 bits per heavy atom. The molecule has 1 aromatic carbocycles. The summed E-state index contributed by atoms with van der Waals surface area (Å²) in [6.07, 6.45) is 0.901. The second kappa shape index (κ2) is 5.67. The lowest BCUT2D eigenvalue weighted by molar-refractivity contribution is -0.00797. The van der Waals surface area contributed by atoms with E-state index in [1.54, 1.807) is 7.11 Å². The first kappa shape index (κ1) is 13.5. The summed E-state index contributed by atoms with van der Waals surface area (Å²) < 4.78 is 5.50. The van der Waals surface area contributed by atoms with Crippen LogP contribution in [0.5, 0.6) is 0 Å². The summed E-state index contributed by atoms with van der Waals surface area (Å²) in [5.41, 5.74) is 1.02. The van der Waals surface area contributed by atoms with E-state index in [2.05, 4.69) is 25.2 Å². The second-order valence-corrected chi connectivity index (χ2v) is 4.92. The summed E-state index contributed by atoms with van der Waals surface area (Å²) in [6.45, 7) is 4.16. The number of hydrogen-bond acceptors (Lipinski definition) is 2. The second-order valence-electron chi connectivity index (χ2n) is 4.48. The van der Waals surface area contributed by atoms with Crippen molar-refractivity contribution in [3.63, 3.8) is 0 Å². The van der Waals surface area contributed by atoms with Crippen LogP contribution >= 0.6 is 11.6 Å². The molecule has 0 amide bonds. The summed E-state index contributed by atoms with van der Waals surface area (Å²) in [7, 11) is 3.69. The molecule has 0 saturated carbocycles. The van der Waals surface area contributed by atoms with Crippen LogP contribution in [0.25, 0.3) is 0 Å². The summed E-state index contributed by atoms with van der Waals surface area (Å²) in [5, 5.41) is 4.07. The third kappa shape index (κ3) is 3.48. The number of halogens is 1. The molecule has 0 bridgehead atoms. The lowest BCUT2D eigenvalue weighted by Gasteiger charge is -2.33. The fourth-order valence-corrected chi connectivity index (χ4v) is 1.95. The lowest BCUT2D eigenvalue weighted by atomic mass is 9.92. The van der Waals surface area contributed by atoms with E-state index < -0.39 is 0 Å². The molecule has 2 nitrogen and oxygen atoms in total. The van der Waals surface area contributed by atoms with Gasteiger partial charge in [0.2, 0.25) is 0 Å². The Balaban J connectivity index is 2.78. The molecule has 1 N–H and O–H groups in total. The van der Waals surface area contributed by atoms with Crippen molar-refractivity contribution in [1.29, 1.82) is 0 Å². The fourth-order valence-electron chi connectivity index (χ4n) is 1.74. The number of likely N-dealkylation sites (N-methyl/N-ethyl adjacent to an activating group) is 1. The van der Waals surface area contributed by atoms with Crippen molar-refractivity contribution in [2.24, 2.45) is 0 Å². The normalized spacial score (nSPS) is 13.8. The van der Waals surface area contributed by atoms with Gasteiger partial charge in [-0.05, 0) is 45.0 Å². The van der Waals surface area contributed by atoms with Crippen molar-refractivity contribution < 1.29 is 4.74 Å². The van der Waals surface area contributed by atoms with Gasteiger partial charge in [0.05, 0.1) is 5.60 Å². The highest BCUT2D eigenvalue weighted by Gasteiger charge is 2.27. The van der Waals surface area contributed by atoms with E-state index in [0.717, 1.165) is 11.4 Å². The number of ether oxygens (including phenoxy) is 1. The first-order valence-electron chi connectivity index (χ1n) is 5.46. The topological polar surface area (TPSA) is 21.3 Å². The molecular weight excluding hydrogens is 222 g/mol. The Morgan fingerprint density at radius 3 is 2.62 bits per heavy atom. The van der Waals surface area contributed by atoms with E-state index in [1.165, 1.54) is 5.56 Å². The number of methoxy groups -OCH3 is 1. The van der Waals surface area contributed by atoms with E-state index >= 15 is 0 Å². The van der Waals surface area contributed by atoms with Crippen LogP contribution in [0.3, 0.4) is 0 Å². The van der Waals surface area contributed by atoms with Gasteiger partial charge in [-0.2, -0.15) is 0 Å². The Hall–Kier alpha value is -0.570. The lowest BCUT2D eigenvalue weighted by Crippen LogP contribution is -2.48. The van der Waals surface area contributed by atoms with Crippen molar-refractivity contribution in [2.75, 3.05) is 14.2 Å². The molecule has 0 aliphatic carbocycles. The Kier molecular flexibility index (Phi) is 4.78. The van der Waals surface area contributed by atoms with Gasteiger partial charge < -0.3 is 10.1 Å². The van der Waals surface area contributed by atoms with Gasteiger partial charge in [-0.1, -0.05) is 23.7 Å². The largest absolute Gasteiger partial charge is 0.377 e. The smallest absolute Gasteiger partial charge is 0.0778 e. The quantitative estimate of drug-likeness (QED) is 0.856. The monoisotopic (exact) mass is 241 g/mol. The maximum atomic E-state index is 5.97. The van der Waals surface area contributed by atoms with E-state index in [0.29, 0.717) is 0 Å². The molecule has 0 aromatic heterocycles. The molecule has 1 atom stereocenters. The van der Waals surface area contributed by atoms with Gasteiger partial charge in [-0.25, -0.2) is 0 Å². The molecule has 0 heterocycles. The van der Waals surface area contributed by atoms with Gasteiger partial charge in [0, 0.05) is 18.2 Å². The average molecular weight is 242 g/mol. The molecular formula is C13H20ClNO. The highest BCUT2D eigenvalue weighted by atomic mass is 35.5. The first-order valence-corrected chi connectivity index (χ1v) is 5.84. The maximum Gasteiger partial charge on any atom is 0.0778 e. The van der Waals surface area contributed by atoms with E-state index in [9.17, 15) is 0 Å². The Morgan fingerprint density at radius 2 is 2.12 bits per heavy atom. The van der Waals surface area contributed by atoms with Gasteiger partial charge in [0.1, 0.15) is 0 Å². The van der Waals surface area contributed by atoms with Crippen LogP contribution in [-0.2, 0) is 11.2 Å². The third-order valence-corrected chi connectivity index (χ3v) is 3.28. The van der Waals surface area contributed by atoms with Crippen molar-refractivity contribution in [1.82, 2.24) is 5.32 Å². The van der Waals surface area contributed by atoms with Gasteiger partial charge >= 0.3 is 0 Å². The summed E-state index contributed by atoms with van der Waals surface area (Å²) >= 11 is 5.97. The van der Waals surface area contributed by atoms with Gasteiger partial charge in [0.15, 0.2) is 0 Å². The van der Waals surface area contributed by atoms with Crippen LogP contribution in [0, 0.1) is 0 Å². The molecule has 90 valence electrons.